The second kappa shape index (κ2) is 11.4. The van der Waals surface area contributed by atoms with E-state index in [-0.39, 0.29) is 11.8 Å². The second-order valence-corrected chi connectivity index (χ2v) is 7.31. The lowest BCUT2D eigenvalue weighted by Gasteiger charge is -2.20. The lowest BCUT2D eigenvalue weighted by atomic mass is 10.1. The molecule has 6 nitrogen and oxygen atoms in total. The van der Waals surface area contributed by atoms with Gasteiger partial charge in [0.25, 0.3) is 11.8 Å². The van der Waals surface area contributed by atoms with Crippen LogP contribution in [0.3, 0.4) is 0 Å². The molecule has 160 valence electrons. The summed E-state index contributed by atoms with van der Waals surface area (Å²) in [5.74, 6) is 0.555. The number of carbonyl (C=O) groups excluding carboxylic acids is 2. The maximum Gasteiger partial charge on any atom is 0.255 e. The van der Waals surface area contributed by atoms with E-state index in [1.807, 2.05) is 11.8 Å². The van der Waals surface area contributed by atoms with Gasteiger partial charge < -0.3 is 19.7 Å². The Kier molecular flexibility index (Phi) is 8.27. The second-order valence-electron chi connectivity index (χ2n) is 7.31. The summed E-state index contributed by atoms with van der Waals surface area (Å²) in [7, 11) is 0. The van der Waals surface area contributed by atoms with Crippen molar-refractivity contribution in [2.75, 3.05) is 38.2 Å². The van der Waals surface area contributed by atoms with E-state index in [9.17, 15) is 9.59 Å². The van der Waals surface area contributed by atoms with Crippen LogP contribution in [0.25, 0.3) is 0 Å². The van der Waals surface area contributed by atoms with Crippen LogP contribution in [0.15, 0.2) is 48.5 Å². The van der Waals surface area contributed by atoms with Crippen molar-refractivity contribution in [3.05, 3.63) is 59.7 Å². The number of likely N-dealkylation sites (tertiary alicyclic amines) is 1. The lowest BCUT2D eigenvalue weighted by Crippen LogP contribution is -2.31. The maximum absolute atomic E-state index is 12.7. The normalized spacial score (nSPS) is 14.1. The van der Waals surface area contributed by atoms with Crippen LogP contribution in [0.4, 0.5) is 5.69 Å². The minimum atomic E-state index is -0.206. The van der Waals surface area contributed by atoms with Gasteiger partial charge in [0.2, 0.25) is 0 Å². The molecule has 0 aromatic heterocycles. The van der Waals surface area contributed by atoms with E-state index in [0.717, 1.165) is 25.9 Å². The number of benzene rings is 2. The third kappa shape index (κ3) is 6.32. The predicted molar refractivity (Wildman–Crippen MR) is 117 cm³/mol. The SMILES string of the molecule is CCOCCOc1ccc(C(=O)Nc2ccc(C(=O)N3CCCCCC3)cc2)cc1. The standard InChI is InChI=1S/C24H30N2O4/c1-2-29-17-18-30-22-13-9-19(10-14-22)23(27)25-21-11-7-20(8-12-21)24(28)26-15-5-3-4-6-16-26/h7-14H,2-6,15-18H2,1H3,(H,25,27). The molecule has 1 saturated heterocycles. The minimum absolute atomic E-state index is 0.0645. The molecule has 30 heavy (non-hydrogen) atoms. The summed E-state index contributed by atoms with van der Waals surface area (Å²) >= 11 is 0. The number of hydrogen-bond donors (Lipinski definition) is 1. The number of ether oxygens (including phenoxy) is 2. The topological polar surface area (TPSA) is 67.9 Å². The van der Waals surface area contributed by atoms with Crippen molar-refractivity contribution in [2.45, 2.75) is 32.6 Å². The van der Waals surface area contributed by atoms with Crippen molar-refractivity contribution in [3.8, 4) is 5.75 Å². The smallest absolute Gasteiger partial charge is 0.255 e. The third-order valence-electron chi connectivity index (χ3n) is 5.10. The predicted octanol–water partition coefficient (Wildman–Crippen LogP) is 4.37. The number of amides is 2. The molecular formula is C24H30N2O4. The highest BCUT2D eigenvalue weighted by atomic mass is 16.5. The molecule has 0 radical (unpaired) electrons. The summed E-state index contributed by atoms with van der Waals surface area (Å²) in [6, 6.07) is 14.1. The number of anilines is 1. The van der Waals surface area contributed by atoms with Gasteiger partial charge in [-0.15, -0.1) is 0 Å². The number of hydrogen-bond acceptors (Lipinski definition) is 4. The van der Waals surface area contributed by atoms with Gasteiger partial charge in [-0.3, -0.25) is 9.59 Å². The van der Waals surface area contributed by atoms with Crippen LogP contribution in [-0.4, -0.2) is 49.6 Å². The highest BCUT2D eigenvalue weighted by molar-refractivity contribution is 6.04. The van der Waals surface area contributed by atoms with E-state index in [0.29, 0.717) is 42.4 Å². The highest BCUT2D eigenvalue weighted by Crippen LogP contribution is 2.17. The van der Waals surface area contributed by atoms with Gasteiger partial charge in [0.15, 0.2) is 0 Å². The van der Waals surface area contributed by atoms with Crippen molar-refractivity contribution in [1.82, 2.24) is 4.90 Å². The molecule has 1 fully saturated rings. The van der Waals surface area contributed by atoms with Crippen LogP contribution in [-0.2, 0) is 4.74 Å². The average Bonchev–Trinajstić information content (AvgIpc) is 3.07. The molecule has 1 N–H and O–H groups in total. The van der Waals surface area contributed by atoms with Crippen molar-refractivity contribution in [3.63, 3.8) is 0 Å². The van der Waals surface area contributed by atoms with Crippen LogP contribution in [0.2, 0.25) is 0 Å². The third-order valence-corrected chi connectivity index (χ3v) is 5.10. The summed E-state index contributed by atoms with van der Waals surface area (Å²) < 4.78 is 10.8. The Labute approximate surface area is 178 Å². The molecule has 2 amide bonds. The fourth-order valence-corrected chi connectivity index (χ4v) is 3.42. The fraction of sp³-hybridized carbons (Fsp3) is 0.417. The van der Waals surface area contributed by atoms with E-state index in [1.54, 1.807) is 48.5 Å². The van der Waals surface area contributed by atoms with Crippen LogP contribution in [0.5, 0.6) is 5.75 Å². The number of nitrogens with zero attached hydrogens (tertiary/aromatic N) is 1. The van der Waals surface area contributed by atoms with Gasteiger partial charge in [0.05, 0.1) is 6.61 Å². The van der Waals surface area contributed by atoms with Crippen LogP contribution >= 0.6 is 0 Å². The quantitative estimate of drug-likeness (QED) is 0.656. The number of nitrogens with one attached hydrogen (secondary N) is 1. The summed E-state index contributed by atoms with van der Waals surface area (Å²) in [6.45, 7) is 5.26. The zero-order valence-electron chi connectivity index (χ0n) is 17.6. The van der Waals surface area contributed by atoms with E-state index in [2.05, 4.69) is 5.32 Å². The molecule has 2 aromatic rings. The molecule has 0 unspecified atom stereocenters. The van der Waals surface area contributed by atoms with Crippen LogP contribution in [0.1, 0.15) is 53.3 Å². The Hall–Kier alpha value is -2.86. The number of carbonyl (C=O) groups is 2. The van der Waals surface area contributed by atoms with Crippen molar-refractivity contribution in [2.24, 2.45) is 0 Å². The highest BCUT2D eigenvalue weighted by Gasteiger charge is 2.17. The van der Waals surface area contributed by atoms with Gasteiger partial charge in [0, 0.05) is 36.5 Å². The first-order chi connectivity index (χ1) is 14.7. The Morgan fingerprint density at radius 1 is 0.867 bits per heavy atom. The molecule has 0 saturated carbocycles. The van der Waals surface area contributed by atoms with E-state index < -0.39 is 0 Å². The fourth-order valence-electron chi connectivity index (χ4n) is 3.42. The van der Waals surface area contributed by atoms with E-state index >= 15 is 0 Å². The van der Waals surface area contributed by atoms with Gasteiger partial charge in [-0.2, -0.15) is 0 Å². The van der Waals surface area contributed by atoms with Gasteiger partial charge in [-0.1, -0.05) is 12.8 Å². The van der Waals surface area contributed by atoms with Crippen LogP contribution in [0, 0.1) is 0 Å². The summed E-state index contributed by atoms with van der Waals surface area (Å²) in [4.78, 5) is 27.1. The Balaban J connectivity index is 1.53. The van der Waals surface area contributed by atoms with Gasteiger partial charge >= 0.3 is 0 Å². The molecular weight excluding hydrogens is 380 g/mol. The van der Waals surface area contributed by atoms with Crippen LogP contribution < -0.4 is 10.1 Å². The first-order valence-electron chi connectivity index (χ1n) is 10.7. The van der Waals surface area contributed by atoms with Gasteiger partial charge in [-0.05, 0) is 68.3 Å². The molecule has 0 spiro atoms. The molecule has 0 atom stereocenters. The van der Waals surface area contributed by atoms with E-state index in [4.69, 9.17) is 9.47 Å². The van der Waals surface area contributed by atoms with E-state index in [1.165, 1.54) is 12.8 Å². The Morgan fingerprint density at radius 2 is 1.50 bits per heavy atom. The zero-order chi connectivity index (χ0) is 21.2. The first-order valence-corrected chi connectivity index (χ1v) is 10.7. The van der Waals surface area contributed by atoms with Gasteiger partial charge in [-0.25, -0.2) is 0 Å². The van der Waals surface area contributed by atoms with Crippen molar-refractivity contribution in [1.29, 1.82) is 0 Å². The Bertz CT molecular complexity index is 810. The maximum atomic E-state index is 12.7. The minimum Gasteiger partial charge on any atom is -0.491 e. The first kappa shape index (κ1) is 21.8. The molecule has 1 heterocycles. The molecule has 1 aliphatic heterocycles. The van der Waals surface area contributed by atoms with Crippen molar-refractivity contribution < 1.29 is 19.1 Å². The lowest BCUT2D eigenvalue weighted by molar-refractivity contribution is 0.0761. The molecule has 2 aromatic carbocycles. The molecule has 6 heteroatoms. The largest absolute Gasteiger partial charge is 0.491 e. The average molecular weight is 411 g/mol. The summed E-state index contributed by atoms with van der Waals surface area (Å²) in [5, 5.41) is 2.87. The zero-order valence-corrected chi connectivity index (χ0v) is 17.6. The summed E-state index contributed by atoms with van der Waals surface area (Å²) in [6.07, 6.45) is 4.51. The summed E-state index contributed by atoms with van der Waals surface area (Å²) in [5.41, 5.74) is 1.85. The molecule has 3 rings (SSSR count). The van der Waals surface area contributed by atoms with Gasteiger partial charge in [0.1, 0.15) is 12.4 Å². The molecule has 0 aliphatic carbocycles. The Morgan fingerprint density at radius 3 is 2.13 bits per heavy atom. The molecule has 1 aliphatic rings. The molecule has 0 bridgehead atoms. The van der Waals surface area contributed by atoms with Crippen molar-refractivity contribution >= 4 is 17.5 Å². The number of rotatable bonds is 8. The monoisotopic (exact) mass is 410 g/mol.